The Kier molecular flexibility index (Phi) is 3.30. The van der Waals surface area contributed by atoms with Gasteiger partial charge in [-0.1, -0.05) is 15.9 Å². The van der Waals surface area contributed by atoms with E-state index in [1.165, 1.54) is 24.5 Å². The van der Waals surface area contributed by atoms with Crippen LogP contribution in [0.25, 0.3) is 0 Å². The molecule has 0 saturated carbocycles. The highest BCUT2D eigenvalue weighted by Crippen LogP contribution is 2.25. The third-order valence-corrected chi connectivity index (χ3v) is 2.28. The molecule has 1 heterocycles. The van der Waals surface area contributed by atoms with Crippen LogP contribution in [0.4, 0.5) is 4.39 Å². The highest BCUT2D eigenvalue weighted by molar-refractivity contribution is 9.10. The van der Waals surface area contributed by atoms with Crippen molar-refractivity contribution < 1.29 is 9.13 Å². The summed E-state index contributed by atoms with van der Waals surface area (Å²) in [6.45, 7) is 0. The fourth-order valence-corrected chi connectivity index (χ4v) is 1.62. The van der Waals surface area contributed by atoms with Crippen LogP contribution in [0.1, 0.15) is 5.69 Å². The van der Waals surface area contributed by atoms with Crippen LogP contribution in [-0.4, -0.2) is 9.97 Å². The molecule has 0 amide bonds. The van der Waals surface area contributed by atoms with E-state index in [0.29, 0.717) is 4.47 Å². The molecular weight excluding hydrogens is 289 g/mol. The largest absolute Gasteiger partial charge is 0.436 e. The highest BCUT2D eigenvalue weighted by Gasteiger charge is 2.08. The summed E-state index contributed by atoms with van der Waals surface area (Å²) in [7, 11) is 0. The van der Waals surface area contributed by atoms with Crippen LogP contribution < -0.4 is 4.74 Å². The molecule has 0 spiro atoms. The smallest absolute Gasteiger partial charge is 0.256 e. The Bertz CT molecular complexity index is 577. The molecule has 1 aromatic heterocycles. The van der Waals surface area contributed by atoms with E-state index in [0.717, 1.165) is 0 Å². The molecule has 0 saturated heterocycles. The first-order chi connectivity index (χ1) is 8.19. The first-order valence-electron chi connectivity index (χ1n) is 4.54. The normalized spacial score (nSPS) is 9.71. The van der Waals surface area contributed by atoms with Gasteiger partial charge in [0.2, 0.25) is 5.69 Å². The Hall–Kier alpha value is -2.00. The number of aromatic nitrogens is 2. The molecular formula is C11H5BrFN3O. The zero-order valence-corrected chi connectivity index (χ0v) is 9.98. The average Bonchev–Trinajstić information content (AvgIpc) is 2.28. The van der Waals surface area contributed by atoms with E-state index in [-0.39, 0.29) is 17.3 Å². The highest BCUT2D eigenvalue weighted by atomic mass is 79.9. The van der Waals surface area contributed by atoms with Crippen molar-refractivity contribution in [1.82, 2.24) is 9.97 Å². The number of rotatable bonds is 2. The van der Waals surface area contributed by atoms with E-state index >= 15 is 0 Å². The minimum absolute atomic E-state index is 0.0486. The quantitative estimate of drug-likeness (QED) is 0.854. The van der Waals surface area contributed by atoms with Gasteiger partial charge in [0.25, 0.3) is 5.88 Å². The summed E-state index contributed by atoms with van der Waals surface area (Å²) in [5.41, 5.74) is 0.0490. The molecule has 2 aromatic rings. The first kappa shape index (κ1) is 11.5. The molecule has 17 heavy (non-hydrogen) atoms. The van der Waals surface area contributed by atoms with Gasteiger partial charge in [-0.05, 0) is 12.1 Å². The molecule has 84 valence electrons. The standard InChI is InChI=1S/C11H5BrFN3O/c12-7-3-8(13)5-9(4-7)17-11-10(6-14)15-1-2-16-11/h1-5H. The molecule has 0 aliphatic rings. The summed E-state index contributed by atoms with van der Waals surface area (Å²) in [6, 6.07) is 5.90. The molecule has 0 aliphatic carbocycles. The molecule has 6 heteroatoms. The van der Waals surface area contributed by atoms with Crippen molar-refractivity contribution >= 4 is 15.9 Å². The number of nitrogens with zero attached hydrogens (tertiary/aromatic N) is 3. The summed E-state index contributed by atoms with van der Waals surface area (Å²) in [5, 5.41) is 8.79. The maximum absolute atomic E-state index is 13.1. The number of hydrogen-bond acceptors (Lipinski definition) is 4. The zero-order chi connectivity index (χ0) is 12.3. The summed E-state index contributed by atoms with van der Waals surface area (Å²) in [4.78, 5) is 7.64. The van der Waals surface area contributed by atoms with Gasteiger partial charge in [-0.15, -0.1) is 0 Å². The van der Waals surface area contributed by atoms with E-state index in [4.69, 9.17) is 10.00 Å². The van der Waals surface area contributed by atoms with Crippen LogP contribution in [0.3, 0.4) is 0 Å². The summed E-state index contributed by atoms with van der Waals surface area (Å²) in [5.74, 6) is -0.154. The number of nitriles is 1. The van der Waals surface area contributed by atoms with Gasteiger partial charge >= 0.3 is 0 Å². The maximum Gasteiger partial charge on any atom is 0.256 e. The number of hydrogen-bond donors (Lipinski definition) is 0. The first-order valence-corrected chi connectivity index (χ1v) is 5.33. The molecule has 0 fully saturated rings. The molecule has 0 unspecified atom stereocenters. The zero-order valence-electron chi connectivity index (χ0n) is 8.39. The number of halogens is 2. The van der Waals surface area contributed by atoms with E-state index in [9.17, 15) is 4.39 Å². The lowest BCUT2D eigenvalue weighted by Gasteiger charge is -2.05. The third-order valence-electron chi connectivity index (χ3n) is 1.82. The Morgan fingerprint density at radius 1 is 1.24 bits per heavy atom. The molecule has 0 aliphatic heterocycles. The van der Waals surface area contributed by atoms with Gasteiger partial charge in [0.05, 0.1) is 0 Å². The van der Waals surface area contributed by atoms with Gasteiger partial charge in [-0.2, -0.15) is 5.26 Å². The van der Waals surface area contributed by atoms with Crippen molar-refractivity contribution in [3.8, 4) is 17.7 Å². The minimum Gasteiger partial charge on any atom is -0.436 e. The lowest BCUT2D eigenvalue weighted by molar-refractivity contribution is 0.453. The Labute approximate surface area is 105 Å². The van der Waals surface area contributed by atoms with Crippen LogP contribution in [0.5, 0.6) is 11.6 Å². The molecule has 0 N–H and O–H groups in total. The van der Waals surface area contributed by atoms with Gasteiger partial charge in [0.15, 0.2) is 0 Å². The fraction of sp³-hybridized carbons (Fsp3) is 0. The number of benzene rings is 1. The van der Waals surface area contributed by atoms with Gasteiger partial charge in [0, 0.05) is 22.9 Å². The maximum atomic E-state index is 13.1. The third kappa shape index (κ3) is 2.77. The van der Waals surface area contributed by atoms with Gasteiger partial charge in [-0.25, -0.2) is 14.4 Å². The van der Waals surface area contributed by atoms with E-state index in [2.05, 4.69) is 25.9 Å². The van der Waals surface area contributed by atoms with Crippen molar-refractivity contribution in [2.24, 2.45) is 0 Å². The van der Waals surface area contributed by atoms with E-state index in [1.54, 1.807) is 6.07 Å². The van der Waals surface area contributed by atoms with Gasteiger partial charge in [-0.3, -0.25) is 0 Å². The second kappa shape index (κ2) is 4.89. The van der Waals surface area contributed by atoms with E-state index in [1.807, 2.05) is 6.07 Å². The topological polar surface area (TPSA) is 58.8 Å². The SMILES string of the molecule is N#Cc1nccnc1Oc1cc(F)cc(Br)c1. The summed E-state index contributed by atoms with van der Waals surface area (Å²) in [6.07, 6.45) is 2.78. The van der Waals surface area contributed by atoms with Crippen molar-refractivity contribution in [1.29, 1.82) is 5.26 Å². The fourth-order valence-electron chi connectivity index (χ4n) is 1.18. The summed E-state index contributed by atoms with van der Waals surface area (Å²) >= 11 is 3.14. The van der Waals surface area contributed by atoms with Crippen LogP contribution >= 0.6 is 15.9 Å². The van der Waals surface area contributed by atoms with Crippen LogP contribution in [-0.2, 0) is 0 Å². The van der Waals surface area contributed by atoms with Gasteiger partial charge in [0.1, 0.15) is 17.6 Å². The van der Waals surface area contributed by atoms with Crippen molar-refractivity contribution in [3.05, 3.63) is 46.6 Å². The van der Waals surface area contributed by atoms with Crippen LogP contribution in [0.2, 0.25) is 0 Å². The second-order valence-corrected chi connectivity index (χ2v) is 3.94. The lowest BCUT2D eigenvalue weighted by atomic mass is 10.3. The Balaban J connectivity index is 2.35. The molecule has 1 aromatic carbocycles. The lowest BCUT2D eigenvalue weighted by Crippen LogP contribution is -1.94. The van der Waals surface area contributed by atoms with Crippen molar-refractivity contribution in [2.45, 2.75) is 0 Å². The molecule has 0 bridgehead atoms. The molecule has 0 atom stereocenters. The predicted octanol–water partition coefficient (Wildman–Crippen LogP) is 3.04. The van der Waals surface area contributed by atoms with E-state index < -0.39 is 5.82 Å². The summed E-state index contributed by atoms with van der Waals surface area (Å²) < 4.78 is 18.9. The Morgan fingerprint density at radius 3 is 2.71 bits per heavy atom. The number of ether oxygens (including phenoxy) is 1. The van der Waals surface area contributed by atoms with Crippen molar-refractivity contribution in [3.63, 3.8) is 0 Å². The molecule has 4 nitrogen and oxygen atoms in total. The van der Waals surface area contributed by atoms with Gasteiger partial charge < -0.3 is 4.74 Å². The molecule has 2 rings (SSSR count). The van der Waals surface area contributed by atoms with Crippen molar-refractivity contribution in [2.75, 3.05) is 0 Å². The monoisotopic (exact) mass is 293 g/mol. The second-order valence-electron chi connectivity index (χ2n) is 3.03. The molecule has 0 radical (unpaired) electrons. The minimum atomic E-state index is -0.447. The Morgan fingerprint density at radius 2 is 2.00 bits per heavy atom. The predicted molar refractivity (Wildman–Crippen MR) is 60.9 cm³/mol. The van der Waals surface area contributed by atoms with Crippen LogP contribution in [0.15, 0.2) is 35.1 Å². The van der Waals surface area contributed by atoms with Crippen LogP contribution in [0, 0.1) is 17.1 Å². The average molecular weight is 294 g/mol.